The molecule has 0 atom stereocenters. The van der Waals surface area contributed by atoms with Crippen molar-refractivity contribution in [1.29, 1.82) is 0 Å². The molecule has 0 unspecified atom stereocenters. The summed E-state index contributed by atoms with van der Waals surface area (Å²) in [6.45, 7) is 12.4. The van der Waals surface area contributed by atoms with Crippen LogP contribution in [-0.2, 0) is 10.8 Å². The zero-order valence-electron chi connectivity index (χ0n) is 15.4. The van der Waals surface area contributed by atoms with Crippen LogP contribution in [0, 0.1) is 0 Å². The van der Waals surface area contributed by atoms with Crippen molar-refractivity contribution in [3.05, 3.63) is 59.7 Å². The molecule has 3 nitrogen and oxygen atoms in total. The van der Waals surface area contributed by atoms with Crippen LogP contribution in [0.4, 0.5) is 0 Å². The fourth-order valence-electron chi connectivity index (χ4n) is 2.80. The van der Waals surface area contributed by atoms with Crippen LogP contribution < -0.4 is 10.6 Å². The van der Waals surface area contributed by atoms with Crippen molar-refractivity contribution in [2.45, 2.75) is 52.4 Å². The topological polar surface area (TPSA) is 60.7 Å². The first-order chi connectivity index (χ1) is 10.7. The standard InChI is InChI=1S/C20H29O3P/c1-19(2,3)15-12-13-18(17(14-15)20(4,5)6)24(21,22,23)16-10-8-7-9-11-16/h7-14,21-23H,1-6H3. The van der Waals surface area contributed by atoms with Crippen molar-refractivity contribution < 1.29 is 14.7 Å². The summed E-state index contributed by atoms with van der Waals surface area (Å²) in [6.07, 6.45) is 0. The molecule has 4 heteroatoms. The van der Waals surface area contributed by atoms with Gasteiger partial charge in [-0.3, -0.25) is 0 Å². The van der Waals surface area contributed by atoms with Gasteiger partial charge in [0, 0.05) is 0 Å². The van der Waals surface area contributed by atoms with E-state index in [1.807, 2.05) is 32.9 Å². The average molecular weight is 348 g/mol. The van der Waals surface area contributed by atoms with Crippen LogP contribution in [0.15, 0.2) is 48.5 Å². The van der Waals surface area contributed by atoms with Crippen LogP contribution in [0.25, 0.3) is 0 Å². The van der Waals surface area contributed by atoms with Gasteiger partial charge >= 0.3 is 145 Å². The molecule has 0 heterocycles. The first-order valence-electron chi connectivity index (χ1n) is 8.20. The normalized spacial score (nSPS) is 15.0. The van der Waals surface area contributed by atoms with E-state index in [4.69, 9.17) is 0 Å². The van der Waals surface area contributed by atoms with Crippen LogP contribution >= 0.6 is 7.28 Å². The molecule has 2 aromatic carbocycles. The van der Waals surface area contributed by atoms with Crippen LogP contribution in [0.5, 0.6) is 0 Å². The molecule has 0 bridgehead atoms. The maximum atomic E-state index is 11.0. The monoisotopic (exact) mass is 348 g/mol. The summed E-state index contributed by atoms with van der Waals surface area (Å²) in [6, 6.07) is 13.8. The van der Waals surface area contributed by atoms with E-state index in [0.29, 0.717) is 0 Å². The molecule has 3 N–H and O–H groups in total. The third-order valence-corrected chi connectivity index (χ3v) is 6.87. The summed E-state index contributed by atoms with van der Waals surface area (Å²) in [5, 5.41) is 0.366. The van der Waals surface area contributed by atoms with Gasteiger partial charge in [-0.15, -0.1) is 0 Å². The molecule has 2 aromatic rings. The van der Waals surface area contributed by atoms with Crippen LogP contribution in [0.2, 0.25) is 0 Å². The van der Waals surface area contributed by atoms with E-state index in [1.54, 1.807) is 36.4 Å². The Morgan fingerprint density at radius 2 is 1.25 bits per heavy atom. The Kier molecular flexibility index (Phi) is 4.48. The van der Waals surface area contributed by atoms with E-state index in [9.17, 15) is 14.7 Å². The average Bonchev–Trinajstić information content (AvgIpc) is 2.45. The summed E-state index contributed by atoms with van der Waals surface area (Å²) >= 11 is 0. The minimum absolute atomic E-state index is 0.0674. The van der Waals surface area contributed by atoms with Crippen molar-refractivity contribution in [2.24, 2.45) is 0 Å². The van der Waals surface area contributed by atoms with Crippen molar-refractivity contribution in [1.82, 2.24) is 0 Å². The fraction of sp³-hybridized carbons (Fsp3) is 0.400. The minimum atomic E-state index is -5.18. The third-order valence-electron chi connectivity index (χ3n) is 4.35. The van der Waals surface area contributed by atoms with Gasteiger partial charge in [0.15, 0.2) is 0 Å². The number of rotatable bonds is 2. The van der Waals surface area contributed by atoms with Crippen molar-refractivity contribution >= 4 is 17.9 Å². The van der Waals surface area contributed by atoms with E-state index in [2.05, 4.69) is 20.8 Å². The molecule has 2 rings (SSSR count). The molecule has 0 fully saturated rings. The Morgan fingerprint density at radius 3 is 1.71 bits per heavy atom. The van der Waals surface area contributed by atoms with Gasteiger partial charge in [0.2, 0.25) is 0 Å². The van der Waals surface area contributed by atoms with Gasteiger partial charge in [0.05, 0.1) is 0 Å². The number of hydrogen-bond donors (Lipinski definition) is 3. The second-order valence-electron chi connectivity index (χ2n) is 8.55. The van der Waals surface area contributed by atoms with E-state index < -0.39 is 7.28 Å². The second-order valence-corrected chi connectivity index (χ2v) is 11.5. The number of hydrogen-bond acceptors (Lipinski definition) is 3. The molecule has 0 aliphatic heterocycles. The van der Waals surface area contributed by atoms with Gasteiger partial charge in [-0.1, -0.05) is 0 Å². The molecule has 0 aromatic heterocycles. The molecule has 0 spiro atoms. The summed E-state index contributed by atoms with van der Waals surface area (Å²) in [5.41, 5.74) is 1.44. The van der Waals surface area contributed by atoms with Crippen molar-refractivity contribution in [3.8, 4) is 0 Å². The van der Waals surface area contributed by atoms with Gasteiger partial charge in [-0.25, -0.2) is 0 Å². The first-order valence-corrected chi connectivity index (χ1v) is 10.3. The Bertz CT molecular complexity index is 729. The van der Waals surface area contributed by atoms with Crippen molar-refractivity contribution in [2.75, 3.05) is 0 Å². The van der Waals surface area contributed by atoms with E-state index in [1.165, 1.54) is 0 Å². The predicted octanol–water partition coefficient (Wildman–Crippen LogP) is 3.51. The van der Waals surface area contributed by atoms with Crippen molar-refractivity contribution in [3.63, 3.8) is 0 Å². The maximum absolute atomic E-state index is 11.0. The first kappa shape index (κ1) is 19.1. The quantitative estimate of drug-likeness (QED) is 0.728. The molecular formula is C20H29O3P. The fourth-order valence-corrected chi connectivity index (χ4v) is 5.00. The zero-order valence-corrected chi connectivity index (χ0v) is 16.3. The molecule has 0 radical (unpaired) electrons. The van der Waals surface area contributed by atoms with E-state index in [-0.39, 0.29) is 21.4 Å². The summed E-state index contributed by atoms with van der Waals surface area (Å²) in [4.78, 5) is 33.0. The molecule has 24 heavy (non-hydrogen) atoms. The molecule has 0 saturated heterocycles. The Hall–Kier alpha value is -1.25. The van der Waals surface area contributed by atoms with Crippen LogP contribution in [0.1, 0.15) is 52.7 Å². The Morgan fingerprint density at radius 1 is 0.708 bits per heavy atom. The molecule has 0 aliphatic carbocycles. The van der Waals surface area contributed by atoms with E-state index >= 15 is 0 Å². The Labute approximate surface area is 145 Å². The molecular weight excluding hydrogens is 319 g/mol. The summed E-state index contributed by atoms with van der Waals surface area (Å²) < 4.78 is 0. The molecule has 0 amide bonds. The number of benzene rings is 2. The molecule has 132 valence electrons. The molecule has 0 saturated carbocycles. The summed E-state index contributed by atoms with van der Waals surface area (Å²) in [5.74, 6) is 0. The Balaban J connectivity index is 2.79. The second kappa shape index (κ2) is 5.64. The van der Waals surface area contributed by atoms with Gasteiger partial charge in [-0.2, -0.15) is 0 Å². The predicted molar refractivity (Wildman–Crippen MR) is 103 cm³/mol. The van der Waals surface area contributed by atoms with Gasteiger partial charge in [-0.05, 0) is 0 Å². The van der Waals surface area contributed by atoms with Gasteiger partial charge < -0.3 is 0 Å². The van der Waals surface area contributed by atoms with Crippen LogP contribution in [0.3, 0.4) is 0 Å². The van der Waals surface area contributed by atoms with Gasteiger partial charge in [0.1, 0.15) is 0 Å². The molecule has 0 aliphatic rings. The summed E-state index contributed by atoms with van der Waals surface area (Å²) in [7, 11) is -5.18. The van der Waals surface area contributed by atoms with Crippen LogP contribution in [-0.4, -0.2) is 14.7 Å². The van der Waals surface area contributed by atoms with Gasteiger partial charge in [0.25, 0.3) is 0 Å². The SMILES string of the molecule is CC(C)(C)c1ccc(P(O)(O)(O)c2ccccc2)c(C(C)(C)C)c1. The van der Waals surface area contributed by atoms with E-state index in [0.717, 1.165) is 11.1 Å². The zero-order chi connectivity index (χ0) is 18.4. The third kappa shape index (κ3) is 3.55.